The number of carbonyl (C=O) groups excluding carboxylic acids is 5. The average molecular weight is 561 g/mol. The topological polar surface area (TPSA) is 85.3 Å². The average Bonchev–Trinajstić information content (AvgIpc) is 2.90. The van der Waals surface area contributed by atoms with Crippen LogP contribution in [-0.4, -0.2) is 28.9 Å². The second-order valence-electron chi connectivity index (χ2n) is 13.5. The molecule has 214 valence electrons. The highest BCUT2D eigenvalue weighted by atomic mass is 16.2. The van der Waals surface area contributed by atoms with Gasteiger partial charge < -0.3 is 0 Å². The maximum Gasteiger partial charge on any atom is 0.190 e. The summed E-state index contributed by atoms with van der Waals surface area (Å²) >= 11 is 0. The number of aryl methyl sites for hydroxylation is 1. The third-order valence-electron chi connectivity index (χ3n) is 10.9. The fourth-order valence-electron chi connectivity index (χ4n) is 8.80. The van der Waals surface area contributed by atoms with Crippen molar-refractivity contribution in [2.45, 2.75) is 67.7 Å². The summed E-state index contributed by atoms with van der Waals surface area (Å²) in [4.78, 5) is 66.7. The Labute approximate surface area is 246 Å². The Morgan fingerprint density at radius 1 is 0.810 bits per heavy atom. The molecule has 5 heteroatoms. The molecular formula is C37H36O5. The van der Waals surface area contributed by atoms with Crippen molar-refractivity contribution in [1.29, 1.82) is 0 Å². The summed E-state index contributed by atoms with van der Waals surface area (Å²) in [6.45, 7) is 12.6. The van der Waals surface area contributed by atoms with E-state index in [9.17, 15) is 24.0 Å². The zero-order chi connectivity index (χ0) is 30.5. The smallest absolute Gasteiger partial charge is 0.190 e. The molecule has 0 heterocycles. The number of carbonyl (C=O) groups is 5. The van der Waals surface area contributed by atoms with Gasteiger partial charge in [-0.15, -0.1) is 0 Å². The lowest BCUT2D eigenvalue weighted by atomic mass is 9.41. The quantitative estimate of drug-likeness (QED) is 0.249. The van der Waals surface area contributed by atoms with Crippen LogP contribution in [0.4, 0.5) is 0 Å². The van der Waals surface area contributed by atoms with E-state index in [2.05, 4.69) is 13.0 Å². The molecule has 3 aromatic carbocycles. The number of rotatable bonds is 3. The summed E-state index contributed by atoms with van der Waals surface area (Å²) in [6, 6.07) is 15.8. The predicted molar refractivity (Wildman–Crippen MR) is 163 cm³/mol. The Morgan fingerprint density at radius 3 is 2.10 bits per heavy atom. The first-order chi connectivity index (χ1) is 19.7. The first-order valence-corrected chi connectivity index (χ1v) is 14.7. The second kappa shape index (κ2) is 9.00. The van der Waals surface area contributed by atoms with E-state index in [1.54, 1.807) is 6.92 Å². The Hall–Kier alpha value is -3.99. The molecular weight excluding hydrogens is 524 g/mol. The van der Waals surface area contributed by atoms with Gasteiger partial charge in [-0.25, -0.2) is 0 Å². The first kappa shape index (κ1) is 28.1. The first-order valence-electron chi connectivity index (χ1n) is 14.7. The maximum absolute atomic E-state index is 14.6. The van der Waals surface area contributed by atoms with Crippen LogP contribution in [0.15, 0.2) is 59.7 Å². The van der Waals surface area contributed by atoms with E-state index in [4.69, 9.17) is 0 Å². The molecule has 3 aromatic rings. The summed E-state index contributed by atoms with van der Waals surface area (Å²) in [5.41, 5.74) is 3.99. The van der Waals surface area contributed by atoms with Crippen LogP contribution >= 0.6 is 0 Å². The fourth-order valence-corrected chi connectivity index (χ4v) is 8.80. The predicted octanol–water partition coefficient (Wildman–Crippen LogP) is 7.24. The Balaban J connectivity index is 1.61. The SMILES string of the molecule is CC(=O)c1ccc(-c2ccc(C)c3c2CC2(C)CC4(C)CC(=O)C(C(C)=O)C(=O)C4(C)C(C)=C2C3=O)c2ccccc12. The van der Waals surface area contributed by atoms with Gasteiger partial charge in [0.05, 0.1) is 5.41 Å². The maximum atomic E-state index is 14.6. The summed E-state index contributed by atoms with van der Waals surface area (Å²) in [5, 5.41) is 1.83. The van der Waals surface area contributed by atoms with E-state index in [-0.39, 0.29) is 29.6 Å². The number of benzene rings is 3. The molecule has 42 heavy (non-hydrogen) atoms. The Bertz CT molecular complexity index is 1840. The van der Waals surface area contributed by atoms with Crippen LogP contribution in [0, 0.1) is 29.1 Å². The van der Waals surface area contributed by atoms with Gasteiger partial charge in [-0.1, -0.05) is 68.0 Å². The molecule has 5 nitrogen and oxygen atoms in total. The molecule has 0 spiro atoms. The third kappa shape index (κ3) is 3.52. The van der Waals surface area contributed by atoms with Gasteiger partial charge in [-0.3, -0.25) is 24.0 Å². The van der Waals surface area contributed by atoms with Crippen molar-refractivity contribution in [2.75, 3.05) is 0 Å². The van der Waals surface area contributed by atoms with Crippen molar-refractivity contribution in [1.82, 2.24) is 0 Å². The van der Waals surface area contributed by atoms with Crippen LogP contribution in [0.1, 0.15) is 86.2 Å². The number of hydrogen-bond acceptors (Lipinski definition) is 5. The van der Waals surface area contributed by atoms with Gasteiger partial charge in [0.15, 0.2) is 23.1 Å². The van der Waals surface area contributed by atoms with Gasteiger partial charge in [0.2, 0.25) is 0 Å². The molecule has 6 rings (SSSR count). The highest BCUT2D eigenvalue weighted by Gasteiger charge is 2.66. The van der Waals surface area contributed by atoms with Crippen LogP contribution in [0.25, 0.3) is 21.9 Å². The van der Waals surface area contributed by atoms with Gasteiger partial charge in [-0.05, 0) is 85.9 Å². The lowest BCUT2D eigenvalue weighted by Gasteiger charge is -2.59. The summed E-state index contributed by atoms with van der Waals surface area (Å²) in [5.74, 6) is -2.46. The molecule has 1 fully saturated rings. The van der Waals surface area contributed by atoms with E-state index < -0.39 is 27.9 Å². The largest absolute Gasteiger partial charge is 0.299 e. The molecule has 0 radical (unpaired) electrons. The number of ketones is 5. The molecule has 0 bridgehead atoms. The molecule has 1 saturated carbocycles. The van der Waals surface area contributed by atoms with E-state index in [1.807, 2.05) is 70.2 Å². The van der Waals surface area contributed by atoms with E-state index in [0.29, 0.717) is 35.1 Å². The highest BCUT2D eigenvalue weighted by molar-refractivity contribution is 6.24. The number of hydrogen-bond donors (Lipinski definition) is 0. The molecule has 0 amide bonds. The third-order valence-corrected chi connectivity index (χ3v) is 10.9. The number of fused-ring (bicyclic) bond motifs is 4. The molecule has 3 aliphatic carbocycles. The van der Waals surface area contributed by atoms with Crippen molar-refractivity contribution in [3.05, 3.63) is 81.9 Å². The summed E-state index contributed by atoms with van der Waals surface area (Å²) in [6.07, 6.45) is 1.18. The molecule has 3 aliphatic rings. The van der Waals surface area contributed by atoms with Gasteiger partial charge in [-0.2, -0.15) is 0 Å². The zero-order valence-corrected chi connectivity index (χ0v) is 25.4. The monoisotopic (exact) mass is 560 g/mol. The van der Waals surface area contributed by atoms with E-state index in [0.717, 1.165) is 33.0 Å². The Kier molecular flexibility index (Phi) is 6.03. The summed E-state index contributed by atoms with van der Waals surface area (Å²) in [7, 11) is 0. The van der Waals surface area contributed by atoms with Crippen molar-refractivity contribution >= 4 is 39.7 Å². The molecule has 0 N–H and O–H groups in total. The molecule has 0 saturated heterocycles. The van der Waals surface area contributed by atoms with Gasteiger partial charge in [0.1, 0.15) is 11.7 Å². The zero-order valence-electron chi connectivity index (χ0n) is 25.4. The molecule has 4 unspecified atom stereocenters. The van der Waals surface area contributed by atoms with Crippen LogP contribution < -0.4 is 0 Å². The lowest BCUT2D eigenvalue weighted by molar-refractivity contribution is -0.157. The molecule has 0 aromatic heterocycles. The lowest BCUT2D eigenvalue weighted by Crippen LogP contribution is -2.61. The molecule has 4 atom stereocenters. The van der Waals surface area contributed by atoms with Crippen LogP contribution in [0.3, 0.4) is 0 Å². The van der Waals surface area contributed by atoms with Crippen molar-refractivity contribution < 1.29 is 24.0 Å². The van der Waals surface area contributed by atoms with Gasteiger partial charge in [0, 0.05) is 28.5 Å². The fraction of sp³-hybridized carbons (Fsp3) is 0.378. The van der Waals surface area contributed by atoms with Crippen LogP contribution in [-0.2, 0) is 20.8 Å². The van der Waals surface area contributed by atoms with Gasteiger partial charge in [0.25, 0.3) is 0 Å². The second-order valence-corrected chi connectivity index (χ2v) is 13.5. The number of allylic oxidation sites excluding steroid dienone is 2. The standard InChI is InChI=1S/C37H36O5/c1-19-12-13-27(26-15-14-23(21(3)38)24-10-8-9-11-25(24)26)28-16-35(5)18-36(6)17-29(40)31(22(4)39)34(42)37(36,7)20(2)32(35)33(41)30(19)28/h8-15,31H,16-18H2,1-7H3. The van der Waals surface area contributed by atoms with Gasteiger partial charge >= 0.3 is 0 Å². The Morgan fingerprint density at radius 2 is 1.45 bits per heavy atom. The summed E-state index contributed by atoms with van der Waals surface area (Å²) < 4.78 is 0. The number of Topliss-reactive ketones (excluding diaryl/α,β-unsaturated/α-hetero) is 5. The highest BCUT2D eigenvalue weighted by Crippen LogP contribution is 2.66. The van der Waals surface area contributed by atoms with Crippen molar-refractivity contribution in [3.8, 4) is 11.1 Å². The molecule has 0 aliphatic heterocycles. The minimum Gasteiger partial charge on any atom is -0.299 e. The normalized spacial score (nSPS) is 28.8. The van der Waals surface area contributed by atoms with Crippen molar-refractivity contribution in [2.24, 2.45) is 22.2 Å². The van der Waals surface area contributed by atoms with E-state index in [1.165, 1.54) is 6.92 Å². The van der Waals surface area contributed by atoms with Crippen molar-refractivity contribution in [3.63, 3.8) is 0 Å². The van der Waals surface area contributed by atoms with E-state index >= 15 is 0 Å². The minimum atomic E-state index is -1.27. The minimum absolute atomic E-state index is 0.00119. The van der Waals surface area contributed by atoms with Crippen LogP contribution in [0.2, 0.25) is 0 Å². The van der Waals surface area contributed by atoms with Crippen LogP contribution in [0.5, 0.6) is 0 Å².